The first-order chi connectivity index (χ1) is 12.5. The minimum Gasteiger partial charge on any atom is -0.493 e. The molecule has 0 aliphatic heterocycles. The number of aryl methyl sites for hydroxylation is 1. The molecule has 2 unspecified atom stereocenters. The molecule has 0 aromatic heterocycles. The molecule has 0 radical (unpaired) electrons. The number of hydrazine groups is 1. The molecule has 140 valence electrons. The quantitative estimate of drug-likeness (QED) is 0.752. The zero-order valence-electron chi connectivity index (χ0n) is 16.7. The lowest BCUT2D eigenvalue weighted by Gasteiger charge is -2.24. The molecule has 0 amide bonds. The standard InChI is InChI=1S/C22H30N2O2/c1-7-26-21-13-18(9-11-20(21)25-6)22(14-16(22)3)17-8-10-19(15(2)12-17)24(5)23-4/h8-13,16,23H,7,14H2,1-6H3. The number of benzene rings is 2. The number of nitrogens with zero attached hydrogens (tertiary/aromatic N) is 1. The normalized spacial score (nSPS) is 21.4. The van der Waals surface area contributed by atoms with Gasteiger partial charge in [0.1, 0.15) is 0 Å². The smallest absolute Gasteiger partial charge is 0.161 e. The van der Waals surface area contributed by atoms with Crippen molar-refractivity contribution in [2.24, 2.45) is 5.92 Å². The van der Waals surface area contributed by atoms with Crippen LogP contribution in [0.5, 0.6) is 11.5 Å². The summed E-state index contributed by atoms with van der Waals surface area (Å²) < 4.78 is 11.3. The van der Waals surface area contributed by atoms with Crippen LogP contribution in [0.2, 0.25) is 0 Å². The monoisotopic (exact) mass is 354 g/mol. The Balaban J connectivity index is 2.03. The molecule has 4 heteroatoms. The maximum Gasteiger partial charge on any atom is 0.161 e. The van der Waals surface area contributed by atoms with Gasteiger partial charge >= 0.3 is 0 Å². The largest absolute Gasteiger partial charge is 0.493 e. The van der Waals surface area contributed by atoms with E-state index in [-0.39, 0.29) is 5.41 Å². The first-order valence-electron chi connectivity index (χ1n) is 9.31. The van der Waals surface area contributed by atoms with Gasteiger partial charge in [0, 0.05) is 19.5 Å². The topological polar surface area (TPSA) is 33.7 Å². The molecule has 4 nitrogen and oxygen atoms in total. The Labute approximate surface area is 157 Å². The molecular formula is C22H30N2O2. The highest BCUT2D eigenvalue weighted by atomic mass is 16.5. The van der Waals surface area contributed by atoms with Gasteiger partial charge in [-0.05, 0) is 61.1 Å². The molecule has 3 rings (SSSR count). The molecule has 26 heavy (non-hydrogen) atoms. The molecule has 2 aromatic rings. The summed E-state index contributed by atoms with van der Waals surface area (Å²) in [6.07, 6.45) is 1.16. The van der Waals surface area contributed by atoms with Crippen molar-refractivity contribution >= 4 is 5.69 Å². The van der Waals surface area contributed by atoms with Gasteiger partial charge in [-0.2, -0.15) is 0 Å². The summed E-state index contributed by atoms with van der Waals surface area (Å²) in [5.74, 6) is 2.23. The average molecular weight is 354 g/mol. The number of hydrogen-bond acceptors (Lipinski definition) is 4. The molecule has 1 aliphatic carbocycles. The fourth-order valence-corrected chi connectivity index (χ4v) is 4.05. The fraction of sp³-hybridized carbons (Fsp3) is 0.455. The molecule has 1 N–H and O–H groups in total. The minimum absolute atomic E-state index is 0.0691. The summed E-state index contributed by atoms with van der Waals surface area (Å²) in [5, 5.41) is 2.04. The molecule has 0 bridgehead atoms. The number of ether oxygens (including phenoxy) is 2. The van der Waals surface area contributed by atoms with Crippen molar-refractivity contribution in [3.63, 3.8) is 0 Å². The lowest BCUT2D eigenvalue weighted by atomic mass is 9.85. The van der Waals surface area contributed by atoms with Crippen LogP contribution in [-0.2, 0) is 5.41 Å². The lowest BCUT2D eigenvalue weighted by Crippen LogP contribution is -2.31. The van der Waals surface area contributed by atoms with E-state index in [0.29, 0.717) is 12.5 Å². The maximum atomic E-state index is 5.81. The van der Waals surface area contributed by atoms with E-state index >= 15 is 0 Å². The van der Waals surface area contributed by atoms with Gasteiger partial charge < -0.3 is 14.5 Å². The van der Waals surface area contributed by atoms with Gasteiger partial charge in [0.25, 0.3) is 0 Å². The summed E-state index contributed by atoms with van der Waals surface area (Å²) in [7, 11) is 5.66. The van der Waals surface area contributed by atoms with Crippen LogP contribution in [0.4, 0.5) is 5.69 Å². The Bertz CT molecular complexity index is 790. The number of rotatable bonds is 7. The van der Waals surface area contributed by atoms with Gasteiger partial charge in [-0.25, -0.2) is 5.43 Å². The van der Waals surface area contributed by atoms with E-state index in [0.717, 1.165) is 17.9 Å². The van der Waals surface area contributed by atoms with Gasteiger partial charge in [-0.15, -0.1) is 0 Å². The van der Waals surface area contributed by atoms with Crippen LogP contribution in [0.3, 0.4) is 0 Å². The first kappa shape index (κ1) is 18.6. The van der Waals surface area contributed by atoms with Crippen molar-refractivity contribution in [2.75, 3.05) is 32.8 Å². The predicted molar refractivity (Wildman–Crippen MR) is 107 cm³/mol. The second-order valence-corrected chi connectivity index (χ2v) is 7.16. The molecule has 1 saturated carbocycles. The summed E-state index contributed by atoms with van der Waals surface area (Å²) in [5.41, 5.74) is 8.40. The van der Waals surface area contributed by atoms with E-state index in [4.69, 9.17) is 9.47 Å². The van der Waals surface area contributed by atoms with Crippen molar-refractivity contribution in [3.05, 3.63) is 53.1 Å². The molecule has 2 aromatic carbocycles. The van der Waals surface area contributed by atoms with Gasteiger partial charge in [-0.3, -0.25) is 0 Å². The van der Waals surface area contributed by atoms with E-state index in [2.05, 4.69) is 49.6 Å². The molecular weight excluding hydrogens is 324 g/mol. The van der Waals surface area contributed by atoms with Gasteiger partial charge in [0.05, 0.1) is 19.4 Å². The zero-order valence-corrected chi connectivity index (χ0v) is 16.7. The molecule has 0 spiro atoms. The van der Waals surface area contributed by atoms with Crippen molar-refractivity contribution in [3.8, 4) is 11.5 Å². The predicted octanol–water partition coefficient (Wildman–Crippen LogP) is 4.30. The van der Waals surface area contributed by atoms with Crippen LogP contribution in [0.15, 0.2) is 36.4 Å². The van der Waals surface area contributed by atoms with Crippen LogP contribution in [0.1, 0.15) is 37.0 Å². The first-order valence-corrected chi connectivity index (χ1v) is 9.31. The van der Waals surface area contributed by atoms with Gasteiger partial charge in [0.2, 0.25) is 0 Å². The number of methoxy groups -OCH3 is 1. The van der Waals surface area contributed by atoms with E-state index in [1.807, 2.05) is 32.1 Å². The van der Waals surface area contributed by atoms with E-state index in [1.165, 1.54) is 22.4 Å². The zero-order chi connectivity index (χ0) is 18.9. The minimum atomic E-state index is 0.0691. The summed E-state index contributed by atoms with van der Waals surface area (Å²) in [6.45, 7) is 7.13. The Hall–Kier alpha value is -2.20. The fourth-order valence-electron chi connectivity index (χ4n) is 4.05. The lowest BCUT2D eigenvalue weighted by molar-refractivity contribution is 0.310. The Kier molecular flexibility index (Phi) is 5.15. The third-order valence-electron chi connectivity index (χ3n) is 5.70. The number of nitrogens with one attached hydrogen (secondary N) is 1. The van der Waals surface area contributed by atoms with Crippen LogP contribution in [-0.4, -0.2) is 27.8 Å². The van der Waals surface area contributed by atoms with Crippen molar-refractivity contribution < 1.29 is 9.47 Å². The maximum absolute atomic E-state index is 5.81. The SMILES string of the molecule is CCOc1cc(C2(c3ccc(N(C)NC)c(C)c3)CC2C)ccc1OC. The number of anilines is 1. The van der Waals surface area contributed by atoms with Crippen LogP contribution in [0.25, 0.3) is 0 Å². The van der Waals surface area contributed by atoms with E-state index < -0.39 is 0 Å². The Morgan fingerprint density at radius 3 is 2.35 bits per heavy atom. The second kappa shape index (κ2) is 7.20. The van der Waals surface area contributed by atoms with E-state index in [1.54, 1.807) is 7.11 Å². The van der Waals surface area contributed by atoms with Crippen molar-refractivity contribution in [1.82, 2.24) is 5.43 Å². The summed E-state index contributed by atoms with van der Waals surface area (Å²) >= 11 is 0. The van der Waals surface area contributed by atoms with Crippen LogP contribution in [0, 0.1) is 12.8 Å². The third-order valence-corrected chi connectivity index (χ3v) is 5.70. The molecule has 1 aliphatic rings. The molecule has 0 saturated heterocycles. The average Bonchev–Trinajstić information content (AvgIpc) is 3.33. The third kappa shape index (κ3) is 3.03. The van der Waals surface area contributed by atoms with Crippen LogP contribution >= 0.6 is 0 Å². The highest BCUT2D eigenvalue weighted by Gasteiger charge is 2.53. The Morgan fingerprint density at radius 1 is 1.15 bits per heavy atom. The van der Waals surface area contributed by atoms with Crippen molar-refractivity contribution in [1.29, 1.82) is 0 Å². The highest BCUT2D eigenvalue weighted by molar-refractivity contribution is 5.58. The van der Waals surface area contributed by atoms with Gasteiger partial charge in [0.15, 0.2) is 11.5 Å². The van der Waals surface area contributed by atoms with Crippen molar-refractivity contribution in [2.45, 2.75) is 32.6 Å². The summed E-state index contributed by atoms with van der Waals surface area (Å²) in [6, 6.07) is 13.2. The molecule has 1 fully saturated rings. The second-order valence-electron chi connectivity index (χ2n) is 7.16. The van der Waals surface area contributed by atoms with Crippen LogP contribution < -0.4 is 19.9 Å². The summed E-state index contributed by atoms with van der Waals surface area (Å²) in [4.78, 5) is 0. The van der Waals surface area contributed by atoms with Gasteiger partial charge in [-0.1, -0.05) is 25.1 Å². The Morgan fingerprint density at radius 2 is 1.81 bits per heavy atom. The molecule has 0 heterocycles. The number of hydrogen-bond donors (Lipinski definition) is 1. The highest BCUT2D eigenvalue weighted by Crippen LogP contribution is 2.59. The molecule has 2 atom stereocenters. The van der Waals surface area contributed by atoms with E-state index in [9.17, 15) is 0 Å².